The Morgan fingerprint density at radius 3 is 2.42 bits per heavy atom. The Morgan fingerprint density at radius 1 is 1.04 bits per heavy atom. The van der Waals surface area contributed by atoms with Gasteiger partial charge in [-0.05, 0) is 57.0 Å². The van der Waals surface area contributed by atoms with E-state index in [1.807, 2.05) is 23.1 Å². The number of fused-ring (bicyclic) bond motifs is 1. The van der Waals surface area contributed by atoms with Crippen LogP contribution in [0.3, 0.4) is 0 Å². The largest absolute Gasteiger partial charge is 0.346 e. The van der Waals surface area contributed by atoms with Crippen LogP contribution in [-0.2, 0) is 0 Å². The van der Waals surface area contributed by atoms with Crippen LogP contribution in [0.15, 0.2) is 30.3 Å². The Kier molecular flexibility index (Phi) is 3.59. The lowest BCUT2D eigenvalue weighted by Crippen LogP contribution is -2.39. The molecule has 0 atom stereocenters. The van der Waals surface area contributed by atoms with Gasteiger partial charge >= 0.3 is 0 Å². The number of hydrogen-bond donors (Lipinski definition) is 1. The van der Waals surface area contributed by atoms with E-state index in [1.54, 1.807) is 0 Å². The molecule has 0 radical (unpaired) electrons. The van der Waals surface area contributed by atoms with Crippen LogP contribution >= 0.6 is 0 Å². The van der Waals surface area contributed by atoms with Gasteiger partial charge in [-0.15, -0.1) is 0 Å². The summed E-state index contributed by atoms with van der Waals surface area (Å²) in [7, 11) is 0. The number of likely N-dealkylation sites (tertiary alicyclic amines) is 1. The average molecular weight is 323 g/mol. The minimum Gasteiger partial charge on any atom is -0.346 e. The van der Waals surface area contributed by atoms with Gasteiger partial charge in [0.1, 0.15) is 11.0 Å². The zero-order chi connectivity index (χ0) is 16.7. The molecule has 3 aromatic rings. The Morgan fingerprint density at radius 2 is 1.71 bits per heavy atom. The van der Waals surface area contributed by atoms with E-state index in [-0.39, 0.29) is 5.91 Å². The summed E-state index contributed by atoms with van der Waals surface area (Å²) in [5.41, 5.74) is 4.80. The molecule has 0 aliphatic carbocycles. The summed E-state index contributed by atoms with van der Waals surface area (Å²) < 4.78 is 2.41. The molecule has 6 nitrogen and oxygen atoms in total. The van der Waals surface area contributed by atoms with Gasteiger partial charge in [0.25, 0.3) is 5.91 Å². The Hall–Kier alpha value is -2.63. The molecule has 1 N–H and O–H groups in total. The maximum Gasteiger partial charge on any atom is 0.253 e. The first-order valence-corrected chi connectivity index (χ1v) is 8.38. The number of aryl methyl sites for hydroxylation is 2. The molecule has 0 bridgehead atoms. The predicted octanol–water partition coefficient (Wildman–Crippen LogP) is 2.85. The molecule has 0 saturated carbocycles. The van der Waals surface area contributed by atoms with Crippen molar-refractivity contribution in [3.63, 3.8) is 0 Å². The average Bonchev–Trinajstić information content (AvgIpc) is 3.20. The second-order valence-electron chi connectivity index (χ2n) is 6.54. The van der Waals surface area contributed by atoms with Gasteiger partial charge in [-0.1, -0.05) is 0 Å². The fraction of sp³-hybridized carbons (Fsp3) is 0.389. The summed E-state index contributed by atoms with van der Waals surface area (Å²) >= 11 is 0. The summed E-state index contributed by atoms with van der Waals surface area (Å²) in [4.78, 5) is 14.7. The first-order chi connectivity index (χ1) is 11.6. The normalized spacial score (nSPS) is 16.0. The van der Waals surface area contributed by atoms with Crippen LogP contribution < -0.4 is 0 Å². The highest BCUT2D eigenvalue weighted by Gasteiger charge is 2.25. The van der Waals surface area contributed by atoms with Gasteiger partial charge in [-0.25, -0.2) is 0 Å². The number of nitrogens with one attached hydrogen (secondary N) is 1. The van der Waals surface area contributed by atoms with Crippen molar-refractivity contribution in [1.82, 2.24) is 24.9 Å². The standard InChI is InChI=1S/C18H21N5O/c1-12-3-4-13(2)23(12)15-7-9-22(10-8-15)18(24)14-5-6-16-17(11-14)20-21-19-16/h3-6,11,15H,7-10H2,1-2H3,(H,19,20,21). The van der Waals surface area contributed by atoms with Gasteiger partial charge < -0.3 is 9.47 Å². The third-order valence-corrected chi connectivity index (χ3v) is 5.01. The molecule has 6 heteroatoms. The van der Waals surface area contributed by atoms with E-state index in [4.69, 9.17) is 0 Å². The van der Waals surface area contributed by atoms with Crippen molar-refractivity contribution in [1.29, 1.82) is 0 Å². The molecular formula is C18H21N5O. The Labute approximate surface area is 140 Å². The number of carbonyl (C=O) groups is 1. The molecular weight excluding hydrogens is 302 g/mol. The molecule has 24 heavy (non-hydrogen) atoms. The van der Waals surface area contributed by atoms with Gasteiger partial charge in [-0.2, -0.15) is 15.4 Å². The smallest absolute Gasteiger partial charge is 0.253 e. The van der Waals surface area contributed by atoms with Crippen molar-refractivity contribution in [2.24, 2.45) is 0 Å². The number of carbonyl (C=O) groups excluding carboxylic acids is 1. The number of H-pyrrole nitrogens is 1. The third-order valence-electron chi connectivity index (χ3n) is 5.01. The summed E-state index contributed by atoms with van der Waals surface area (Å²) in [6.07, 6.45) is 1.99. The monoisotopic (exact) mass is 323 g/mol. The summed E-state index contributed by atoms with van der Waals surface area (Å²) in [6, 6.07) is 10.3. The number of amides is 1. The molecule has 1 saturated heterocycles. The molecule has 124 valence electrons. The van der Waals surface area contributed by atoms with Crippen molar-refractivity contribution < 1.29 is 4.79 Å². The Balaban J connectivity index is 1.48. The molecule has 4 rings (SSSR count). The lowest BCUT2D eigenvalue weighted by atomic mass is 10.0. The molecule has 1 aromatic carbocycles. The van der Waals surface area contributed by atoms with Gasteiger partial charge in [0.2, 0.25) is 0 Å². The number of hydrogen-bond acceptors (Lipinski definition) is 3. The molecule has 2 aromatic heterocycles. The highest BCUT2D eigenvalue weighted by molar-refractivity contribution is 5.97. The number of nitrogens with zero attached hydrogens (tertiary/aromatic N) is 4. The first-order valence-electron chi connectivity index (χ1n) is 8.38. The number of benzene rings is 1. The van der Waals surface area contributed by atoms with Gasteiger partial charge in [0.05, 0.1) is 0 Å². The van der Waals surface area contributed by atoms with Crippen LogP contribution in [0.2, 0.25) is 0 Å². The van der Waals surface area contributed by atoms with Crippen LogP contribution in [0, 0.1) is 13.8 Å². The van der Waals surface area contributed by atoms with Crippen LogP contribution in [0.5, 0.6) is 0 Å². The van der Waals surface area contributed by atoms with Crippen LogP contribution in [0.1, 0.15) is 40.6 Å². The maximum atomic E-state index is 12.8. The van der Waals surface area contributed by atoms with Crippen molar-refractivity contribution in [2.75, 3.05) is 13.1 Å². The lowest BCUT2D eigenvalue weighted by molar-refractivity contribution is 0.0694. The molecule has 1 aliphatic heterocycles. The third kappa shape index (κ3) is 2.48. The van der Waals surface area contributed by atoms with E-state index < -0.39 is 0 Å². The number of aromatic amines is 1. The second kappa shape index (κ2) is 5.78. The molecule has 0 spiro atoms. The first kappa shape index (κ1) is 14.9. The predicted molar refractivity (Wildman–Crippen MR) is 92.0 cm³/mol. The van der Waals surface area contributed by atoms with Crippen LogP contribution in [0.25, 0.3) is 11.0 Å². The maximum absolute atomic E-state index is 12.8. The van der Waals surface area contributed by atoms with Crippen LogP contribution in [-0.4, -0.2) is 43.9 Å². The van der Waals surface area contributed by atoms with Crippen molar-refractivity contribution in [3.05, 3.63) is 47.3 Å². The fourth-order valence-electron chi connectivity index (χ4n) is 3.74. The summed E-state index contributed by atoms with van der Waals surface area (Å²) in [5.74, 6) is 0.0827. The Bertz CT molecular complexity index is 866. The van der Waals surface area contributed by atoms with Crippen molar-refractivity contribution in [2.45, 2.75) is 32.7 Å². The van der Waals surface area contributed by atoms with Crippen molar-refractivity contribution in [3.8, 4) is 0 Å². The summed E-state index contributed by atoms with van der Waals surface area (Å²) in [6.45, 7) is 5.88. The number of aromatic nitrogens is 4. The number of rotatable bonds is 2. The van der Waals surface area contributed by atoms with E-state index in [2.05, 4.69) is 46.0 Å². The lowest BCUT2D eigenvalue weighted by Gasteiger charge is -2.34. The van der Waals surface area contributed by atoms with E-state index >= 15 is 0 Å². The highest BCUT2D eigenvalue weighted by atomic mass is 16.2. The van der Waals surface area contributed by atoms with Crippen LogP contribution in [0.4, 0.5) is 0 Å². The van der Waals surface area contributed by atoms with E-state index in [0.29, 0.717) is 11.6 Å². The molecule has 0 unspecified atom stereocenters. The zero-order valence-corrected chi connectivity index (χ0v) is 14.0. The van der Waals surface area contributed by atoms with E-state index in [1.165, 1.54) is 11.4 Å². The number of piperidine rings is 1. The van der Waals surface area contributed by atoms with Crippen molar-refractivity contribution >= 4 is 16.9 Å². The van der Waals surface area contributed by atoms with Gasteiger partial charge in [-0.3, -0.25) is 4.79 Å². The highest BCUT2D eigenvalue weighted by Crippen LogP contribution is 2.27. The molecule has 1 aliphatic rings. The molecule has 1 fully saturated rings. The fourth-order valence-corrected chi connectivity index (χ4v) is 3.74. The topological polar surface area (TPSA) is 66.8 Å². The van der Waals surface area contributed by atoms with E-state index in [9.17, 15) is 4.79 Å². The zero-order valence-electron chi connectivity index (χ0n) is 14.0. The molecule has 3 heterocycles. The molecule has 1 amide bonds. The van der Waals surface area contributed by atoms with E-state index in [0.717, 1.165) is 37.0 Å². The minimum atomic E-state index is 0.0827. The summed E-state index contributed by atoms with van der Waals surface area (Å²) in [5, 5.41) is 10.7. The van der Waals surface area contributed by atoms with Gasteiger partial charge in [0, 0.05) is 36.1 Å². The van der Waals surface area contributed by atoms with Gasteiger partial charge in [0.15, 0.2) is 0 Å². The minimum absolute atomic E-state index is 0.0827. The second-order valence-corrected chi connectivity index (χ2v) is 6.54. The quantitative estimate of drug-likeness (QED) is 0.788. The SMILES string of the molecule is Cc1ccc(C)n1C1CCN(C(=O)c2ccc3n[nH]nc3c2)CC1.